The fourth-order valence-electron chi connectivity index (χ4n) is 2.71. The van der Waals surface area contributed by atoms with Gasteiger partial charge in [0.1, 0.15) is 5.01 Å². The number of nitrogens with zero attached hydrogens (tertiary/aromatic N) is 3. The molecule has 122 valence electrons. The van der Waals surface area contributed by atoms with Crippen molar-refractivity contribution in [3.63, 3.8) is 0 Å². The second-order valence-corrected chi connectivity index (χ2v) is 6.83. The van der Waals surface area contributed by atoms with Gasteiger partial charge in [0.05, 0.1) is 13.2 Å². The van der Waals surface area contributed by atoms with Gasteiger partial charge in [-0.2, -0.15) is 0 Å². The van der Waals surface area contributed by atoms with E-state index in [0.29, 0.717) is 11.6 Å². The van der Waals surface area contributed by atoms with Crippen LogP contribution in [-0.4, -0.2) is 45.3 Å². The molecule has 0 radical (unpaired) electrons. The molecule has 1 aliphatic heterocycles. The predicted octanol–water partition coefficient (Wildman–Crippen LogP) is 2.06. The fraction of sp³-hybridized carbons (Fsp3) is 0.438. The number of aliphatic hydroxyl groups is 1. The lowest BCUT2D eigenvalue weighted by Crippen LogP contribution is -2.31. The van der Waals surface area contributed by atoms with Crippen LogP contribution in [0.2, 0.25) is 0 Å². The van der Waals surface area contributed by atoms with Crippen molar-refractivity contribution < 1.29 is 9.90 Å². The second kappa shape index (κ2) is 7.16. The minimum absolute atomic E-state index is 0.166. The normalized spacial score (nSPS) is 18.3. The minimum Gasteiger partial charge on any atom is -0.395 e. The highest BCUT2D eigenvalue weighted by Crippen LogP contribution is 2.21. The second-order valence-electron chi connectivity index (χ2n) is 5.77. The van der Waals surface area contributed by atoms with E-state index < -0.39 is 0 Å². The van der Waals surface area contributed by atoms with Crippen molar-refractivity contribution in [1.82, 2.24) is 15.1 Å². The zero-order valence-electron chi connectivity index (χ0n) is 13.0. The van der Waals surface area contributed by atoms with Crippen molar-refractivity contribution in [1.29, 1.82) is 0 Å². The molecule has 1 fully saturated rings. The Morgan fingerprint density at radius 1 is 1.39 bits per heavy atom. The number of aliphatic hydroxyl groups excluding tert-OH is 1. The number of hydrogen-bond donors (Lipinski definition) is 2. The summed E-state index contributed by atoms with van der Waals surface area (Å²) < 4.78 is 0. The summed E-state index contributed by atoms with van der Waals surface area (Å²) in [6.07, 6.45) is 2.10. The molecule has 6 nitrogen and oxygen atoms in total. The molecule has 0 bridgehead atoms. The summed E-state index contributed by atoms with van der Waals surface area (Å²) in [5.74, 6) is -0.238. The van der Waals surface area contributed by atoms with Crippen molar-refractivity contribution >= 4 is 22.9 Å². The van der Waals surface area contributed by atoms with Crippen molar-refractivity contribution in [3.05, 3.63) is 39.8 Å². The Balaban J connectivity index is 1.62. The Bertz CT molecular complexity index is 671. The van der Waals surface area contributed by atoms with E-state index >= 15 is 0 Å². The molecule has 1 aliphatic rings. The first-order chi connectivity index (χ1) is 11.2. The first kappa shape index (κ1) is 16.0. The third-order valence-electron chi connectivity index (χ3n) is 4.02. The lowest BCUT2D eigenvalue weighted by molar-refractivity contribution is 0.102. The van der Waals surface area contributed by atoms with Crippen LogP contribution in [0, 0.1) is 6.92 Å². The van der Waals surface area contributed by atoms with Crippen LogP contribution in [0.25, 0.3) is 0 Å². The maximum atomic E-state index is 12.2. The quantitative estimate of drug-likeness (QED) is 0.876. The summed E-state index contributed by atoms with van der Waals surface area (Å²) in [5.41, 5.74) is 1.89. The van der Waals surface area contributed by atoms with Crippen LogP contribution in [0.1, 0.15) is 33.2 Å². The summed E-state index contributed by atoms with van der Waals surface area (Å²) in [6, 6.07) is 7.83. The SMILES string of the molecule is Cc1ccc(NC(=O)c2nnc(CN3CCC[C@@H]3CO)s2)cc1. The number of nitrogens with one attached hydrogen (secondary N) is 1. The van der Waals surface area contributed by atoms with E-state index in [2.05, 4.69) is 20.4 Å². The number of rotatable bonds is 5. The molecule has 1 aromatic carbocycles. The standard InChI is InChI=1S/C16H20N4O2S/c1-11-4-6-12(7-5-11)17-15(22)16-19-18-14(23-16)9-20-8-2-3-13(20)10-21/h4-7,13,21H,2-3,8-10H2,1H3,(H,17,22)/t13-/m1/s1. The number of aromatic nitrogens is 2. The first-order valence-electron chi connectivity index (χ1n) is 7.71. The summed E-state index contributed by atoms with van der Waals surface area (Å²) in [6.45, 7) is 3.76. The van der Waals surface area contributed by atoms with Gasteiger partial charge in [0.2, 0.25) is 5.01 Å². The van der Waals surface area contributed by atoms with Crippen LogP contribution in [-0.2, 0) is 6.54 Å². The number of benzene rings is 1. The molecular formula is C16H20N4O2S. The van der Waals surface area contributed by atoms with Gasteiger partial charge in [0, 0.05) is 11.7 Å². The molecule has 1 atom stereocenters. The van der Waals surface area contributed by atoms with E-state index in [9.17, 15) is 9.90 Å². The minimum atomic E-state index is -0.238. The number of amides is 1. The highest BCUT2D eigenvalue weighted by atomic mass is 32.1. The summed E-state index contributed by atoms with van der Waals surface area (Å²) >= 11 is 1.31. The van der Waals surface area contributed by atoms with E-state index in [1.165, 1.54) is 11.3 Å². The van der Waals surface area contributed by atoms with Crippen molar-refractivity contribution in [2.75, 3.05) is 18.5 Å². The zero-order chi connectivity index (χ0) is 16.2. The maximum absolute atomic E-state index is 12.2. The largest absolute Gasteiger partial charge is 0.395 e. The lowest BCUT2D eigenvalue weighted by Gasteiger charge is -2.20. The van der Waals surface area contributed by atoms with E-state index in [-0.39, 0.29) is 18.6 Å². The number of carbonyl (C=O) groups is 1. The van der Waals surface area contributed by atoms with Crippen molar-refractivity contribution in [2.45, 2.75) is 32.4 Å². The number of carbonyl (C=O) groups excluding carboxylic acids is 1. The van der Waals surface area contributed by atoms with Crippen LogP contribution in [0.15, 0.2) is 24.3 Å². The zero-order valence-corrected chi connectivity index (χ0v) is 13.8. The monoisotopic (exact) mass is 332 g/mol. The Labute approximate surface area is 139 Å². The Hall–Kier alpha value is -1.83. The average Bonchev–Trinajstić information content (AvgIpc) is 3.19. The van der Waals surface area contributed by atoms with Gasteiger partial charge < -0.3 is 10.4 Å². The molecule has 2 heterocycles. The molecule has 1 saturated heterocycles. The lowest BCUT2D eigenvalue weighted by atomic mass is 10.2. The van der Waals surface area contributed by atoms with Gasteiger partial charge in [-0.25, -0.2) is 0 Å². The Morgan fingerprint density at radius 3 is 2.91 bits per heavy atom. The van der Waals surface area contributed by atoms with Gasteiger partial charge in [0.25, 0.3) is 5.91 Å². The highest BCUT2D eigenvalue weighted by molar-refractivity contribution is 7.13. The van der Waals surface area contributed by atoms with E-state index in [1.807, 2.05) is 31.2 Å². The molecule has 3 rings (SSSR count). The highest BCUT2D eigenvalue weighted by Gasteiger charge is 2.25. The van der Waals surface area contributed by atoms with Crippen LogP contribution in [0.5, 0.6) is 0 Å². The number of anilines is 1. The van der Waals surface area contributed by atoms with Crippen LogP contribution in [0.4, 0.5) is 5.69 Å². The molecule has 0 saturated carbocycles. The summed E-state index contributed by atoms with van der Waals surface area (Å²) in [4.78, 5) is 14.4. The Morgan fingerprint density at radius 2 is 2.17 bits per heavy atom. The maximum Gasteiger partial charge on any atom is 0.286 e. The molecule has 1 aromatic heterocycles. The number of hydrogen-bond acceptors (Lipinski definition) is 6. The molecule has 0 spiro atoms. The molecule has 1 amide bonds. The Kier molecular flexibility index (Phi) is 5.00. The fourth-order valence-corrected chi connectivity index (χ4v) is 3.48. The smallest absolute Gasteiger partial charge is 0.286 e. The van der Waals surface area contributed by atoms with Crippen LogP contribution in [0.3, 0.4) is 0 Å². The molecular weight excluding hydrogens is 312 g/mol. The topological polar surface area (TPSA) is 78.4 Å². The predicted molar refractivity (Wildman–Crippen MR) is 89.6 cm³/mol. The summed E-state index contributed by atoms with van der Waals surface area (Å²) in [5, 5.41) is 21.4. The molecule has 0 unspecified atom stereocenters. The van der Waals surface area contributed by atoms with E-state index in [1.54, 1.807) is 0 Å². The van der Waals surface area contributed by atoms with Crippen LogP contribution >= 0.6 is 11.3 Å². The molecule has 2 aromatic rings. The van der Waals surface area contributed by atoms with E-state index in [4.69, 9.17) is 0 Å². The molecule has 2 N–H and O–H groups in total. The van der Waals surface area contributed by atoms with Gasteiger partial charge in [0.15, 0.2) is 0 Å². The van der Waals surface area contributed by atoms with Gasteiger partial charge in [-0.15, -0.1) is 10.2 Å². The molecule has 23 heavy (non-hydrogen) atoms. The average molecular weight is 332 g/mol. The van der Waals surface area contributed by atoms with Crippen LogP contribution < -0.4 is 5.32 Å². The van der Waals surface area contributed by atoms with Gasteiger partial charge in [-0.1, -0.05) is 29.0 Å². The van der Waals surface area contributed by atoms with Gasteiger partial charge >= 0.3 is 0 Å². The number of likely N-dealkylation sites (tertiary alicyclic amines) is 1. The summed E-state index contributed by atoms with van der Waals surface area (Å²) in [7, 11) is 0. The number of aryl methyl sites for hydroxylation is 1. The molecule has 0 aliphatic carbocycles. The first-order valence-corrected chi connectivity index (χ1v) is 8.52. The van der Waals surface area contributed by atoms with E-state index in [0.717, 1.165) is 35.6 Å². The van der Waals surface area contributed by atoms with Crippen molar-refractivity contribution in [2.24, 2.45) is 0 Å². The van der Waals surface area contributed by atoms with Gasteiger partial charge in [-0.3, -0.25) is 9.69 Å². The van der Waals surface area contributed by atoms with Gasteiger partial charge in [-0.05, 0) is 38.4 Å². The van der Waals surface area contributed by atoms with Crippen molar-refractivity contribution in [3.8, 4) is 0 Å². The third kappa shape index (κ3) is 3.93. The third-order valence-corrected chi connectivity index (χ3v) is 4.93. The molecule has 7 heteroatoms.